The normalized spacial score (nSPS) is 13.6. The van der Waals surface area contributed by atoms with Gasteiger partial charge in [0.25, 0.3) is 0 Å². The first-order chi connectivity index (χ1) is 6.20. The van der Waals surface area contributed by atoms with Crippen molar-refractivity contribution in [1.29, 1.82) is 0 Å². The maximum Gasteiger partial charge on any atom is 0.0558 e. The predicted octanol–water partition coefficient (Wildman–Crippen LogP) is 0.818. The number of aliphatic hydroxyl groups is 1. The smallest absolute Gasteiger partial charge is 0.0558 e. The van der Waals surface area contributed by atoms with Gasteiger partial charge >= 0.3 is 0 Å². The topological polar surface area (TPSA) is 49.5 Å². The van der Waals surface area contributed by atoms with Crippen LogP contribution in [0.15, 0.2) is 0 Å². The van der Waals surface area contributed by atoms with Crippen LogP contribution >= 0.6 is 0 Å². The fourth-order valence-electron chi connectivity index (χ4n) is 1.43. The predicted molar refractivity (Wildman–Crippen MR) is 56.7 cm³/mol. The Morgan fingerprint density at radius 3 is 2.46 bits per heavy atom. The van der Waals surface area contributed by atoms with Crippen molar-refractivity contribution in [2.24, 2.45) is 5.73 Å². The molecule has 0 rings (SSSR count). The number of nitrogens with two attached hydrogens (primary N) is 1. The molecule has 0 unspecified atom stereocenters. The monoisotopic (exact) mass is 188 g/mol. The number of rotatable bonds is 8. The summed E-state index contributed by atoms with van der Waals surface area (Å²) >= 11 is 0. The van der Waals surface area contributed by atoms with Crippen LogP contribution in [0, 0.1) is 0 Å². The Morgan fingerprint density at radius 2 is 2.00 bits per heavy atom. The average molecular weight is 188 g/mol. The summed E-state index contributed by atoms with van der Waals surface area (Å²) in [5, 5.41) is 8.81. The maximum absolute atomic E-state index is 8.81. The summed E-state index contributed by atoms with van der Waals surface area (Å²) in [5.74, 6) is 0. The zero-order valence-corrected chi connectivity index (χ0v) is 9.00. The lowest BCUT2D eigenvalue weighted by atomic mass is 10.2. The molecule has 0 saturated heterocycles. The van der Waals surface area contributed by atoms with E-state index >= 15 is 0 Å². The van der Waals surface area contributed by atoms with Crippen molar-refractivity contribution in [3.8, 4) is 0 Å². The van der Waals surface area contributed by atoms with Crippen LogP contribution in [0.3, 0.4) is 0 Å². The van der Waals surface area contributed by atoms with Crippen LogP contribution in [0.4, 0.5) is 0 Å². The summed E-state index contributed by atoms with van der Waals surface area (Å²) in [4.78, 5) is 2.29. The number of hydrogen-bond acceptors (Lipinski definition) is 3. The van der Waals surface area contributed by atoms with Crippen molar-refractivity contribution >= 4 is 0 Å². The minimum Gasteiger partial charge on any atom is -0.395 e. The standard InChI is InChI=1S/C10H24N2O/c1-3-6-12(8-9-13)7-4-5-10(2)11/h10,13H,3-9,11H2,1-2H3/t10-/m0/s1. The molecule has 3 heteroatoms. The Balaban J connectivity index is 3.44. The molecule has 0 spiro atoms. The highest BCUT2D eigenvalue weighted by Gasteiger charge is 2.02. The fraction of sp³-hybridized carbons (Fsp3) is 1.00. The van der Waals surface area contributed by atoms with Crippen LogP contribution in [0.1, 0.15) is 33.1 Å². The molecular formula is C10H24N2O. The molecule has 0 fully saturated rings. The van der Waals surface area contributed by atoms with Gasteiger partial charge in [-0.3, -0.25) is 0 Å². The van der Waals surface area contributed by atoms with Crippen LogP contribution in [0.25, 0.3) is 0 Å². The molecule has 0 aliphatic heterocycles. The van der Waals surface area contributed by atoms with Gasteiger partial charge in [0.2, 0.25) is 0 Å². The summed E-state index contributed by atoms with van der Waals surface area (Å²) in [7, 11) is 0. The Morgan fingerprint density at radius 1 is 1.31 bits per heavy atom. The van der Waals surface area contributed by atoms with Crippen LogP contribution in [0.2, 0.25) is 0 Å². The third-order valence-corrected chi connectivity index (χ3v) is 2.09. The Labute approximate surface area is 81.9 Å². The molecule has 0 heterocycles. The Hall–Kier alpha value is -0.120. The zero-order valence-electron chi connectivity index (χ0n) is 9.00. The first-order valence-electron chi connectivity index (χ1n) is 5.29. The lowest BCUT2D eigenvalue weighted by Crippen LogP contribution is -2.29. The van der Waals surface area contributed by atoms with Crippen molar-refractivity contribution in [1.82, 2.24) is 4.90 Å². The van der Waals surface area contributed by atoms with E-state index in [9.17, 15) is 0 Å². The zero-order chi connectivity index (χ0) is 10.1. The van der Waals surface area contributed by atoms with Gasteiger partial charge in [-0.05, 0) is 39.3 Å². The van der Waals surface area contributed by atoms with E-state index in [0.29, 0.717) is 6.04 Å². The first kappa shape index (κ1) is 12.9. The molecule has 13 heavy (non-hydrogen) atoms. The minimum atomic E-state index is 0.262. The van der Waals surface area contributed by atoms with Crippen molar-refractivity contribution in [2.75, 3.05) is 26.2 Å². The molecular weight excluding hydrogens is 164 g/mol. The van der Waals surface area contributed by atoms with Gasteiger partial charge in [-0.1, -0.05) is 6.92 Å². The van der Waals surface area contributed by atoms with Crippen molar-refractivity contribution in [2.45, 2.75) is 39.2 Å². The van der Waals surface area contributed by atoms with E-state index < -0.39 is 0 Å². The van der Waals surface area contributed by atoms with Gasteiger partial charge in [0.05, 0.1) is 6.61 Å². The molecule has 0 amide bonds. The van der Waals surface area contributed by atoms with Crippen LogP contribution in [-0.2, 0) is 0 Å². The second-order valence-corrected chi connectivity index (χ2v) is 3.68. The SMILES string of the molecule is CCCN(CCO)CCC[C@H](C)N. The highest BCUT2D eigenvalue weighted by atomic mass is 16.3. The van der Waals surface area contributed by atoms with E-state index in [2.05, 4.69) is 11.8 Å². The van der Waals surface area contributed by atoms with E-state index in [1.807, 2.05) is 6.92 Å². The quantitative estimate of drug-likeness (QED) is 0.593. The largest absolute Gasteiger partial charge is 0.395 e. The van der Waals surface area contributed by atoms with E-state index in [1.165, 1.54) is 0 Å². The van der Waals surface area contributed by atoms with E-state index in [0.717, 1.165) is 38.9 Å². The lowest BCUT2D eigenvalue weighted by Gasteiger charge is -2.20. The molecule has 0 aromatic rings. The molecule has 0 aromatic heterocycles. The van der Waals surface area contributed by atoms with Gasteiger partial charge in [0.1, 0.15) is 0 Å². The fourth-order valence-corrected chi connectivity index (χ4v) is 1.43. The van der Waals surface area contributed by atoms with E-state index in [4.69, 9.17) is 10.8 Å². The van der Waals surface area contributed by atoms with Gasteiger partial charge in [-0.25, -0.2) is 0 Å². The second kappa shape index (κ2) is 8.48. The van der Waals surface area contributed by atoms with Gasteiger partial charge in [0.15, 0.2) is 0 Å². The minimum absolute atomic E-state index is 0.262. The molecule has 0 radical (unpaired) electrons. The summed E-state index contributed by atoms with van der Waals surface area (Å²) in [6, 6.07) is 0.303. The summed E-state index contributed by atoms with van der Waals surface area (Å²) in [6.45, 7) is 7.41. The average Bonchev–Trinajstić information content (AvgIpc) is 2.04. The first-order valence-corrected chi connectivity index (χ1v) is 5.29. The molecule has 0 aliphatic carbocycles. The van der Waals surface area contributed by atoms with Gasteiger partial charge in [0, 0.05) is 12.6 Å². The third kappa shape index (κ3) is 8.22. The molecule has 80 valence electrons. The van der Waals surface area contributed by atoms with Crippen molar-refractivity contribution in [3.05, 3.63) is 0 Å². The number of hydrogen-bond donors (Lipinski definition) is 2. The molecule has 3 N–H and O–H groups in total. The van der Waals surface area contributed by atoms with E-state index in [1.54, 1.807) is 0 Å². The summed E-state index contributed by atoms with van der Waals surface area (Å²) in [6.07, 6.45) is 3.36. The molecule has 3 nitrogen and oxygen atoms in total. The lowest BCUT2D eigenvalue weighted by molar-refractivity contribution is 0.193. The highest BCUT2D eigenvalue weighted by Crippen LogP contribution is 1.98. The highest BCUT2D eigenvalue weighted by molar-refractivity contribution is 4.59. The molecule has 0 aromatic carbocycles. The van der Waals surface area contributed by atoms with Crippen molar-refractivity contribution in [3.63, 3.8) is 0 Å². The van der Waals surface area contributed by atoms with Crippen LogP contribution < -0.4 is 5.73 Å². The van der Waals surface area contributed by atoms with Crippen LogP contribution in [-0.4, -0.2) is 42.3 Å². The Kier molecular flexibility index (Phi) is 8.40. The number of aliphatic hydroxyl groups excluding tert-OH is 1. The van der Waals surface area contributed by atoms with E-state index in [-0.39, 0.29) is 6.61 Å². The van der Waals surface area contributed by atoms with Gasteiger partial charge < -0.3 is 15.7 Å². The maximum atomic E-state index is 8.81. The summed E-state index contributed by atoms with van der Waals surface area (Å²) in [5.41, 5.74) is 5.66. The third-order valence-electron chi connectivity index (χ3n) is 2.09. The molecule has 1 atom stereocenters. The van der Waals surface area contributed by atoms with Crippen LogP contribution in [0.5, 0.6) is 0 Å². The molecule has 0 aliphatic rings. The second-order valence-electron chi connectivity index (χ2n) is 3.68. The van der Waals surface area contributed by atoms with Gasteiger partial charge in [-0.15, -0.1) is 0 Å². The summed E-state index contributed by atoms with van der Waals surface area (Å²) < 4.78 is 0. The molecule has 0 bridgehead atoms. The molecule has 0 saturated carbocycles. The van der Waals surface area contributed by atoms with Gasteiger partial charge in [-0.2, -0.15) is 0 Å². The van der Waals surface area contributed by atoms with Crippen molar-refractivity contribution < 1.29 is 5.11 Å². The number of nitrogens with zero attached hydrogens (tertiary/aromatic N) is 1. The Bertz CT molecular complexity index is 101.